The van der Waals surface area contributed by atoms with Crippen molar-refractivity contribution in [3.63, 3.8) is 0 Å². The second-order valence-electron chi connectivity index (χ2n) is 17.8. The number of para-hydroxylation sites is 1. The fourth-order valence-electron chi connectivity index (χ4n) is 9.82. The van der Waals surface area contributed by atoms with Crippen molar-refractivity contribution in [2.75, 3.05) is 5.32 Å². The number of anilines is 2. The molecule has 1 radical (unpaired) electrons. The van der Waals surface area contributed by atoms with E-state index in [1.807, 2.05) is 0 Å². The molecular weight excluding hydrogens is 739 g/mol. The van der Waals surface area contributed by atoms with E-state index in [2.05, 4.69) is 209 Å². The van der Waals surface area contributed by atoms with Crippen molar-refractivity contribution < 1.29 is 4.42 Å². The van der Waals surface area contributed by atoms with E-state index in [0.717, 1.165) is 62.4 Å². The van der Waals surface area contributed by atoms with Crippen LogP contribution in [0.5, 0.6) is 0 Å². The number of nitrogens with zero attached hydrogens (tertiary/aromatic N) is 1. The van der Waals surface area contributed by atoms with Crippen LogP contribution in [0.3, 0.4) is 0 Å². The summed E-state index contributed by atoms with van der Waals surface area (Å²) in [6.07, 6.45) is 4.85. The normalized spacial score (nSPS) is 12.3. The maximum atomic E-state index is 6.95. The highest BCUT2D eigenvalue weighted by Gasteiger charge is 2.33. The van der Waals surface area contributed by atoms with Gasteiger partial charge in [-0.25, -0.2) is 0 Å². The number of unbranched alkanes of at least 4 members (excludes halogenated alkanes) is 2. The lowest BCUT2D eigenvalue weighted by Crippen LogP contribution is -2.37. The number of aromatic nitrogens is 1. The molecule has 0 unspecified atom stereocenters. The average molecular weight is 788 g/mol. The third-order valence-corrected chi connectivity index (χ3v) is 12.8. The minimum Gasteiger partial charge on any atom is -0.455 e. The number of nitrogens with one attached hydrogen (secondary N) is 1. The quantitative estimate of drug-likeness (QED) is 0.117. The third kappa shape index (κ3) is 6.27. The first kappa shape index (κ1) is 37.2. The Morgan fingerprint density at radius 3 is 2.13 bits per heavy atom. The van der Waals surface area contributed by atoms with Crippen molar-refractivity contribution >= 4 is 73.1 Å². The highest BCUT2D eigenvalue weighted by Crippen LogP contribution is 2.47. The minimum atomic E-state index is -0.154. The smallest absolute Gasteiger partial charge is 0.198 e. The van der Waals surface area contributed by atoms with E-state index in [9.17, 15) is 0 Å². The number of rotatable bonds is 9. The summed E-state index contributed by atoms with van der Waals surface area (Å²) in [6, 6.07) is 59.8. The third-order valence-electron chi connectivity index (χ3n) is 12.8. The summed E-state index contributed by atoms with van der Waals surface area (Å²) >= 11 is 0. The van der Waals surface area contributed by atoms with Crippen LogP contribution in [0.2, 0.25) is 0 Å². The molecule has 0 aliphatic carbocycles. The van der Waals surface area contributed by atoms with Crippen molar-refractivity contribution in [1.29, 1.82) is 0 Å². The van der Waals surface area contributed by atoms with Gasteiger partial charge in [-0.05, 0) is 93.1 Å². The molecule has 0 fully saturated rings. The highest BCUT2D eigenvalue weighted by molar-refractivity contribution is 6.74. The van der Waals surface area contributed by atoms with E-state index in [4.69, 9.17) is 4.42 Å². The van der Waals surface area contributed by atoms with Crippen LogP contribution >= 0.6 is 0 Å². The summed E-state index contributed by atoms with van der Waals surface area (Å²) in [6.45, 7) is 9.35. The van der Waals surface area contributed by atoms with Crippen molar-refractivity contribution in [1.82, 2.24) is 4.57 Å². The molecule has 0 spiro atoms. The van der Waals surface area contributed by atoms with E-state index in [1.54, 1.807) is 0 Å². The van der Waals surface area contributed by atoms with Crippen LogP contribution in [0.25, 0.3) is 82.8 Å². The van der Waals surface area contributed by atoms with Gasteiger partial charge in [-0.1, -0.05) is 173 Å². The van der Waals surface area contributed by atoms with Gasteiger partial charge in [0.25, 0.3) is 0 Å². The van der Waals surface area contributed by atoms with Gasteiger partial charge in [-0.15, -0.1) is 0 Å². The van der Waals surface area contributed by atoms with Crippen LogP contribution < -0.4 is 16.2 Å². The summed E-state index contributed by atoms with van der Waals surface area (Å²) in [5.41, 5.74) is 17.3. The van der Waals surface area contributed by atoms with Gasteiger partial charge in [-0.3, -0.25) is 0 Å². The largest absolute Gasteiger partial charge is 0.455 e. The molecule has 11 rings (SSSR count). The van der Waals surface area contributed by atoms with Crippen LogP contribution in [0.15, 0.2) is 168 Å². The lowest BCUT2D eigenvalue weighted by atomic mass is 9.58. The Kier molecular flexibility index (Phi) is 9.00. The zero-order valence-corrected chi connectivity index (χ0v) is 35.3. The second kappa shape index (κ2) is 14.7. The zero-order chi connectivity index (χ0) is 41.2. The number of hydrogen-bond donors (Lipinski definition) is 1. The van der Waals surface area contributed by atoms with Gasteiger partial charge >= 0.3 is 0 Å². The number of furan rings is 1. The maximum Gasteiger partial charge on any atom is 0.198 e. The highest BCUT2D eigenvalue weighted by atomic mass is 16.3. The first-order valence-corrected chi connectivity index (χ1v) is 21.9. The van der Waals surface area contributed by atoms with Crippen LogP contribution in [0, 0.1) is 0 Å². The molecule has 61 heavy (non-hydrogen) atoms. The van der Waals surface area contributed by atoms with Crippen molar-refractivity contribution in [2.24, 2.45) is 0 Å². The SMILES string of the molecule is CCCCCc1ccc(Nc2ccccc2-c2cc(C(C)(C)C)c3c4c5ccccc5ccc4n4c3c2[B]c2cc3oc(-c5ccccc5)c(-c5ccccc5)c3cc2-4)cc1. The fourth-order valence-corrected chi connectivity index (χ4v) is 9.82. The molecule has 0 atom stereocenters. The predicted molar refractivity (Wildman–Crippen MR) is 261 cm³/mol. The number of benzene rings is 8. The Morgan fingerprint density at radius 1 is 0.639 bits per heavy atom. The molecule has 0 saturated heterocycles. The number of hydrogen-bond acceptors (Lipinski definition) is 2. The summed E-state index contributed by atoms with van der Waals surface area (Å²) < 4.78 is 9.52. The molecule has 1 N–H and O–H groups in total. The van der Waals surface area contributed by atoms with E-state index < -0.39 is 0 Å². The second-order valence-corrected chi connectivity index (χ2v) is 17.8. The molecule has 1 aliphatic heterocycles. The number of aryl methyl sites for hydroxylation is 1. The van der Waals surface area contributed by atoms with Gasteiger partial charge in [0, 0.05) is 55.4 Å². The van der Waals surface area contributed by atoms with Crippen molar-refractivity contribution in [3.05, 3.63) is 175 Å². The zero-order valence-electron chi connectivity index (χ0n) is 35.3. The van der Waals surface area contributed by atoms with Gasteiger partial charge in [0.15, 0.2) is 7.28 Å². The molecular formula is C57H48BN2O. The van der Waals surface area contributed by atoms with Gasteiger partial charge in [0.05, 0.1) is 5.52 Å². The standard InChI is InChI=1S/C57H48BN2O/c1-5-6-9-18-36-27-30-40(31-28-36)59-47-26-17-16-25-42(47)43-33-45(57(2,3)4)53-52-41-24-15-14-19-37(41)29-32-48(52)60-49-34-44-50(35-46(49)58-54(43)55(53)60)61-56(39-22-12-8-13-23-39)51(44)38-20-10-7-11-21-38/h7-8,10-17,19-35,59H,5-6,9,18H2,1-4H3. The summed E-state index contributed by atoms with van der Waals surface area (Å²) in [4.78, 5) is 0. The maximum absolute atomic E-state index is 6.95. The molecule has 1 aliphatic rings. The molecule has 4 heteroatoms. The predicted octanol–water partition coefficient (Wildman–Crippen LogP) is 14.4. The lowest BCUT2D eigenvalue weighted by Gasteiger charge is -2.28. The first-order valence-electron chi connectivity index (χ1n) is 21.9. The van der Waals surface area contributed by atoms with Crippen molar-refractivity contribution in [3.8, 4) is 39.3 Å². The molecule has 2 aromatic heterocycles. The fraction of sp³-hybridized carbons (Fsp3) is 0.158. The summed E-state index contributed by atoms with van der Waals surface area (Å²) in [5.74, 6) is 0.889. The van der Waals surface area contributed by atoms with Crippen LogP contribution in [0.1, 0.15) is 58.1 Å². The molecule has 10 aromatic rings. The topological polar surface area (TPSA) is 30.1 Å². The average Bonchev–Trinajstić information content (AvgIpc) is 3.84. The minimum absolute atomic E-state index is 0.154. The molecule has 0 saturated carbocycles. The molecule has 3 heterocycles. The van der Waals surface area contributed by atoms with Gasteiger partial charge in [0.1, 0.15) is 11.3 Å². The number of fused-ring (bicyclic) bond motifs is 8. The molecule has 295 valence electrons. The van der Waals surface area contributed by atoms with Crippen molar-refractivity contribution in [2.45, 2.75) is 58.8 Å². The van der Waals surface area contributed by atoms with Crippen LogP contribution in [-0.4, -0.2) is 11.8 Å². The molecule has 0 bridgehead atoms. The lowest BCUT2D eigenvalue weighted by molar-refractivity contribution is 0.596. The first-order chi connectivity index (χ1) is 29.9. The van der Waals surface area contributed by atoms with E-state index in [1.165, 1.54) is 79.6 Å². The molecule has 8 aromatic carbocycles. The van der Waals surface area contributed by atoms with Crippen LogP contribution in [0.4, 0.5) is 11.4 Å². The van der Waals surface area contributed by atoms with Crippen LogP contribution in [-0.2, 0) is 11.8 Å². The van der Waals surface area contributed by atoms with E-state index in [-0.39, 0.29) is 5.41 Å². The summed E-state index contributed by atoms with van der Waals surface area (Å²) in [5, 5.41) is 10.1. The Morgan fingerprint density at radius 2 is 1.36 bits per heavy atom. The Labute approximate surface area is 358 Å². The van der Waals surface area contributed by atoms with E-state index >= 15 is 0 Å². The Hall–Kier alpha value is -6.78. The Balaban J connectivity index is 1.19. The van der Waals surface area contributed by atoms with Gasteiger partial charge in [-0.2, -0.15) is 0 Å². The monoisotopic (exact) mass is 787 g/mol. The summed E-state index contributed by atoms with van der Waals surface area (Å²) in [7, 11) is 2.43. The molecule has 3 nitrogen and oxygen atoms in total. The van der Waals surface area contributed by atoms with E-state index in [0.29, 0.717) is 0 Å². The van der Waals surface area contributed by atoms with Gasteiger partial charge < -0.3 is 14.3 Å². The molecule has 0 amide bonds. The van der Waals surface area contributed by atoms with Gasteiger partial charge in [0.2, 0.25) is 0 Å². The Bertz CT molecular complexity index is 3280.